The van der Waals surface area contributed by atoms with Crippen LogP contribution in [0.2, 0.25) is 0 Å². The number of hydrogen-bond acceptors (Lipinski definition) is 10. The van der Waals surface area contributed by atoms with Crippen LogP contribution in [0.25, 0.3) is 0 Å². The predicted octanol–water partition coefficient (Wildman–Crippen LogP) is -2.62. The molecule has 0 saturated carbocycles. The summed E-state index contributed by atoms with van der Waals surface area (Å²) in [6.07, 6.45) is -6.51. The van der Waals surface area contributed by atoms with Crippen molar-refractivity contribution < 1.29 is 43.3 Å². The molecule has 1 heterocycles. The predicted molar refractivity (Wildman–Crippen MR) is 85.7 cm³/mol. The maximum Gasteiger partial charge on any atom is 0.329 e. The van der Waals surface area contributed by atoms with Gasteiger partial charge in [-0.05, 0) is 12.1 Å². The van der Waals surface area contributed by atoms with E-state index in [1.54, 1.807) is 4.72 Å². The molecule has 1 aliphatic rings. The highest BCUT2D eigenvalue weighted by molar-refractivity contribution is 7.90. The Morgan fingerprint density at radius 1 is 1.19 bits per heavy atom. The summed E-state index contributed by atoms with van der Waals surface area (Å²) in [5.41, 5.74) is -0.351. The van der Waals surface area contributed by atoms with Gasteiger partial charge in [-0.25, -0.2) is 17.9 Å². The molecule has 27 heavy (non-hydrogen) atoms. The first-order valence-corrected chi connectivity index (χ1v) is 8.93. The maximum absolute atomic E-state index is 12.1. The van der Waals surface area contributed by atoms with Crippen LogP contribution in [-0.2, 0) is 14.8 Å². The molecule has 150 valence electrons. The average molecular weight is 407 g/mol. The molecule has 0 spiro atoms. The number of aliphatic hydroxyl groups excluding tert-OH is 4. The quantitative estimate of drug-likeness (QED) is 0.221. The second kappa shape index (κ2) is 8.12. The van der Waals surface area contributed by atoms with Gasteiger partial charge in [0, 0.05) is 12.1 Å². The largest absolute Gasteiger partial charge is 0.394 e. The van der Waals surface area contributed by atoms with Crippen molar-refractivity contribution in [1.29, 1.82) is 0 Å². The van der Waals surface area contributed by atoms with Crippen LogP contribution in [0.1, 0.15) is 0 Å². The summed E-state index contributed by atoms with van der Waals surface area (Å²) < 4.78 is 30.6. The van der Waals surface area contributed by atoms with Gasteiger partial charge in [0.1, 0.15) is 24.4 Å². The number of nitrogens with one attached hydrogen (secondary N) is 2. The summed E-state index contributed by atoms with van der Waals surface area (Å²) in [5, 5.41) is 50.9. The second-order valence-corrected chi connectivity index (χ2v) is 7.27. The lowest BCUT2D eigenvalue weighted by atomic mass is 9.97. The van der Waals surface area contributed by atoms with Gasteiger partial charge >= 0.3 is 6.03 Å². The molecule has 0 bridgehead atoms. The molecule has 5 atom stereocenters. The molecule has 0 radical (unpaired) electrons. The molecule has 1 unspecified atom stereocenters. The SMILES string of the molecule is O=C(N[C@H]1C(O)O[C@H](CO)[C@@H](O)[C@@H]1O)NS(=O)(=O)c1ccc([N+](=O)[O-])cc1. The number of nitrogens with zero attached hydrogens (tertiary/aromatic N) is 1. The standard InChI is InChI=1S/C13H17N3O10S/c17-5-8-10(18)11(19)9(12(20)26-8)14-13(21)15-27(24,25)7-3-1-6(2-4-7)16(22)23/h1-4,8-12,17-20H,5H2,(H2,14,15,21)/t8-,9-,10-,11-,12?/m1/s1. The van der Waals surface area contributed by atoms with Crippen molar-refractivity contribution in [3.63, 3.8) is 0 Å². The number of aliphatic hydroxyl groups is 4. The van der Waals surface area contributed by atoms with E-state index in [-0.39, 0.29) is 5.69 Å². The first-order chi connectivity index (χ1) is 12.6. The summed E-state index contributed by atoms with van der Waals surface area (Å²) >= 11 is 0. The van der Waals surface area contributed by atoms with Crippen molar-refractivity contribution in [3.05, 3.63) is 34.4 Å². The number of carbonyl (C=O) groups excluding carboxylic acids is 1. The molecule has 1 aromatic rings. The molecular weight excluding hydrogens is 390 g/mol. The molecule has 2 amide bonds. The Kier molecular flexibility index (Phi) is 6.30. The average Bonchev–Trinajstić information content (AvgIpc) is 2.61. The number of sulfonamides is 1. The van der Waals surface area contributed by atoms with E-state index in [9.17, 15) is 38.6 Å². The summed E-state index contributed by atoms with van der Waals surface area (Å²) in [5.74, 6) is 0. The van der Waals surface area contributed by atoms with Crippen molar-refractivity contribution in [2.75, 3.05) is 6.61 Å². The number of urea groups is 1. The van der Waals surface area contributed by atoms with Gasteiger partial charge in [0.25, 0.3) is 15.7 Å². The molecule has 14 heteroatoms. The third-order valence-electron chi connectivity index (χ3n) is 3.78. The highest BCUT2D eigenvalue weighted by Crippen LogP contribution is 2.20. The number of nitro groups is 1. The summed E-state index contributed by atoms with van der Waals surface area (Å²) in [7, 11) is -4.41. The van der Waals surface area contributed by atoms with Crippen molar-refractivity contribution in [3.8, 4) is 0 Å². The van der Waals surface area contributed by atoms with Gasteiger partial charge in [-0.1, -0.05) is 0 Å². The Morgan fingerprint density at radius 3 is 2.30 bits per heavy atom. The van der Waals surface area contributed by atoms with E-state index >= 15 is 0 Å². The fourth-order valence-corrected chi connectivity index (χ4v) is 3.28. The van der Waals surface area contributed by atoms with Crippen molar-refractivity contribution in [1.82, 2.24) is 10.0 Å². The van der Waals surface area contributed by atoms with Crippen LogP contribution in [0.5, 0.6) is 0 Å². The van der Waals surface area contributed by atoms with E-state index in [1.807, 2.05) is 5.32 Å². The zero-order valence-electron chi connectivity index (χ0n) is 13.5. The Balaban J connectivity index is 2.06. The molecule has 1 aliphatic heterocycles. The van der Waals surface area contributed by atoms with Gasteiger partial charge in [-0.2, -0.15) is 0 Å². The van der Waals surface area contributed by atoms with Crippen LogP contribution in [0.3, 0.4) is 0 Å². The number of non-ortho nitro benzene ring substituents is 1. The second-order valence-electron chi connectivity index (χ2n) is 5.58. The van der Waals surface area contributed by atoms with E-state index in [0.717, 1.165) is 24.3 Å². The van der Waals surface area contributed by atoms with Gasteiger partial charge in [-0.15, -0.1) is 0 Å². The molecule has 2 rings (SSSR count). The molecule has 0 aromatic heterocycles. The Labute approximate surface area is 152 Å². The van der Waals surface area contributed by atoms with E-state index < -0.39 is 63.1 Å². The molecule has 6 N–H and O–H groups in total. The smallest absolute Gasteiger partial charge is 0.329 e. The monoisotopic (exact) mass is 407 g/mol. The summed E-state index contributed by atoms with van der Waals surface area (Å²) in [6.45, 7) is -0.706. The Morgan fingerprint density at radius 2 is 1.78 bits per heavy atom. The molecule has 13 nitrogen and oxygen atoms in total. The number of amides is 2. The zero-order chi connectivity index (χ0) is 20.4. The minimum Gasteiger partial charge on any atom is -0.394 e. The molecule has 1 fully saturated rings. The Bertz CT molecular complexity index is 799. The fraction of sp³-hybridized carbons (Fsp3) is 0.462. The molecule has 1 aromatic carbocycles. The zero-order valence-corrected chi connectivity index (χ0v) is 14.3. The normalized spacial score (nSPS) is 28.4. The highest BCUT2D eigenvalue weighted by atomic mass is 32.2. The number of rotatable bonds is 5. The molecular formula is C13H17N3O10S. The van der Waals surface area contributed by atoms with Crippen LogP contribution in [0, 0.1) is 10.1 Å². The number of hydrogen-bond donors (Lipinski definition) is 6. The van der Waals surface area contributed by atoms with Crippen LogP contribution in [0.15, 0.2) is 29.2 Å². The van der Waals surface area contributed by atoms with E-state index in [2.05, 4.69) is 0 Å². The topological polar surface area (TPSA) is 209 Å². The van der Waals surface area contributed by atoms with Gasteiger partial charge in [-0.3, -0.25) is 10.1 Å². The van der Waals surface area contributed by atoms with Gasteiger partial charge in [0.05, 0.1) is 16.4 Å². The summed E-state index contributed by atoms with van der Waals surface area (Å²) in [4.78, 5) is 21.3. The number of nitro benzene ring substituents is 1. The maximum atomic E-state index is 12.1. The lowest BCUT2D eigenvalue weighted by molar-refractivity contribution is -0.384. The summed E-state index contributed by atoms with van der Waals surface area (Å²) in [6, 6.07) is 0.748. The van der Waals surface area contributed by atoms with Crippen LogP contribution < -0.4 is 10.0 Å². The first kappa shape index (κ1) is 20.9. The first-order valence-electron chi connectivity index (χ1n) is 7.45. The minimum atomic E-state index is -4.41. The third-order valence-corrected chi connectivity index (χ3v) is 5.13. The lowest BCUT2D eigenvalue weighted by Gasteiger charge is -2.40. The van der Waals surface area contributed by atoms with Crippen molar-refractivity contribution in [2.45, 2.75) is 35.5 Å². The number of carbonyl (C=O) groups is 1. The Hall–Kier alpha value is -2.36. The van der Waals surface area contributed by atoms with Crippen LogP contribution in [0.4, 0.5) is 10.5 Å². The van der Waals surface area contributed by atoms with Gasteiger partial charge in [0.2, 0.25) is 0 Å². The fourth-order valence-electron chi connectivity index (χ4n) is 2.36. The van der Waals surface area contributed by atoms with Gasteiger partial charge < -0.3 is 30.5 Å². The highest BCUT2D eigenvalue weighted by Gasteiger charge is 2.44. The van der Waals surface area contributed by atoms with Crippen LogP contribution in [-0.4, -0.2) is 77.0 Å². The van der Waals surface area contributed by atoms with E-state index in [1.165, 1.54) is 0 Å². The van der Waals surface area contributed by atoms with E-state index in [0.29, 0.717) is 0 Å². The molecule has 0 aliphatic carbocycles. The third kappa shape index (κ3) is 4.68. The minimum absolute atomic E-state index is 0.351. The van der Waals surface area contributed by atoms with Crippen molar-refractivity contribution >= 4 is 21.7 Å². The lowest BCUT2D eigenvalue weighted by Crippen LogP contribution is -2.65. The number of ether oxygens (including phenoxy) is 1. The molecule has 1 saturated heterocycles. The van der Waals surface area contributed by atoms with Gasteiger partial charge in [0.15, 0.2) is 6.29 Å². The number of benzene rings is 1. The van der Waals surface area contributed by atoms with Crippen molar-refractivity contribution in [2.24, 2.45) is 0 Å². The van der Waals surface area contributed by atoms with Crippen LogP contribution >= 0.6 is 0 Å². The van der Waals surface area contributed by atoms with E-state index in [4.69, 9.17) is 9.84 Å².